The van der Waals surface area contributed by atoms with Crippen LogP contribution in [0.3, 0.4) is 0 Å². The number of likely N-dealkylation sites (tertiary alicyclic amines) is 1. The number of carbonyl (C=O) groups is 2. The Morgan fingerprint density at radius 3 is 2.44 bits per heavy atom. The van der Waals surface area contributed by atoms with Gasteiger partial charge < -0.3 is 9.80 Å². The maximum absolute atomic E-state index is 12.9. The summed E-state index contributed by atoms with van der Waals surface area (Å²) in [5, 5.41) is 2.76. The van der Waals surface area contributed by atoms with Crippen LogP contribution in [0.25, 0.3) is 0 Å². The molecule has 2 aromatic rings. The van der Waals surface area contributed by atoms with Gasteiger partial charge in [0.15, 0.2) is 0 Å². The molecule has 4 nitrogen and oxygen atoms in total. The van der Waals surface area contributed by atoms with Gasteiger partial charge in [0, 0.05) is 31.0 Å². The normalized spacial score (nSPS) is 18.9. The monoisotopic (exact) mass is 440 g/mol. The van der Waals surface area contributed by atoms with Gasteiger partial charge in [0.05, 0.1) is 19.8 Å². The number of rotatable bonds is 2. The number of piperidine rings is 1. The Kier molecular flexibility index (Phi) is 5.43. The van der Waals surface area contributed by atoms with Gasteiger partial charge in [-0.1, -0.05) is 29.3 Å². The third kappa shape index (κ3) is 3.60. The van der Waals surface area contributed by atoms with Crippen molar-refractivity contribution in [3.63, 3.8) is 0 Å². The van der Waals surface area contributed by atoms with E-state index in [0.29, 0.717) is 28.7 Å². The van der Waals surface area contributed by atoms with Gasteiger partial charge >= 0.3 is 0 Å². The van der Waals surface area contributed by atoms with E-state index in [1.807, 2.05) is 39.1 Å². The van der Waals surface area contributed by atoms with Crippen molar-refractivity contribution in [3.05, 3.63) is 56.2 Å². The number of hydrogen-bond acceptors (Lipinski definition) is 4. The predicted molar refractivity (Wildman–Crippen MR) is 112 cm³/mol. The van der Waals surface area contributed by atoms with E-state index in [2.05, 4.69) is 0 Å². The maximum Gasteiger partial charge on any atom is 0.265 e. The molecular formula is C19H18Cl2N2O2S2. The van der Waals surface area contributed by atoms with Gasteiger partial charge in [0.2, 0.25) is 0 Å². The average Bonchev–Trinajstić information content (AvgIpc) is 3.34. The molecule has 0 atom stereocenters. The van der Waals surface area contributed by atoms with E-state index < -0.39 is 0 Å². The molecule has 0 saturated carbocycles. The van der Waals surface area contributed by atoms with Crippen molar-refractivity contribution in [1.29, 1.82) is 0 Å². The van der Waals surface area contributed by atoms with E-state index >= 15 is 0 Å². The van der Waals surface area contributed by atoms with Crippen LogP contribution in [0.2, 0.25) is 10.0 Å². The van der Waals surface area contributed by atoms with Crippen LogP contribution in [0.4, 0.5) is 0 Å². The van der Waals surface area contributed by atoms with E-state index in [4.69, 9.17) is 23.2 Å². The lowest BCUT2D eigenvalue weighted by Gasteiger charge is -2.44. The topological polar surface area (TPSA) is 40.6 Å². The van der Waals surface area contributed by atoms with Crippen molar-refractivity contribution >= 4 is 58.1 Å². The molecule has 0 aliphatic carbocycles. The van der Waals surface area contributed by atoms with Gasteiger partial charge in [-0.15, -0.1) is 23.1 Å². The number of thiophene rings is 1. The standard InChI is InChI=1S/C19H18Cl2N2O2S2/c20-14-4-3-13(12-15(14)21)17(24)22-7-5-19(6-8-22)23(9-11-27-19)18(25)16-2-1-10-26-16/h1-4,10,12H,5-9,11H2. The van der Waals surface area contributed by atoms with Crippen LogP contribution >= 0.6 is 46.3 Å². The summed E-state index contributed by atoms with van der Waals surface area (Å²) in [6.07, 6.45) is 1.56. The molecule has 0 radical (unpaired) electrons. The molecule has 8 heteroatoms. The van der Waals surface area contributed by atoms with Crippen LogP contribution in [-0.2, 0) is 0 Å². The zero-order valence-electron chi connectivity index (χ0n) is 14.5. The Hall–Kier alpha value is -1.21. The summed E-state index contributed by atoms with van der Waals surface area (Å²) in [6.45, 7) is 2.02. The van der Waals surface area contributed by atoms with Crippen LogP contribution in [0.5, 0.6) is 0 Å². The minimum atomic E-state index is -0.199. The molecule has 2 fully saturated rings. The third-order valence-corrected chi connectivity index (χ3v) is 8.30. The fourth-order valence-electron chi connectivity index (χ4n) is 3.71. The van der Waals surface area contributed by atoms with Crippen molar-refractivity contribution in [1.82, 2.24) is 9.80 Å². The lowest BCUT2D eigenvalue weighted by atomic mass is 10.0. The van der Waals surface area contributed by atoms with Crippen LogP contribution in [0.15, 0.2) is 35.7 Å². The number of nitrogens with zero attached hydrogens (tertiary/aromatic N) is 2. The molecule has 0 bridgehead atoms. The van der Waals surface area contributed by atoms with Gasteiger partial charge in [-0.2, -0.15) is 0 Å². The minimum absolute atomic E-state index is 0.0393. The Morgan fingerprint density at radius 2 is 1.78 bits per heavy atom. The van der Waals surface area contributed by atoms with E-state index in [-0.39, 0.29) is 16.7 Å². The highest BCUT2D eigenvalue weighted by Gasteiger charge is 2.47. The van der Waals surface area contributed by atoms with Gasteiger partial charge in [0.1, 0.15) is 0 Å². The zero-order valence-corrected chi connectivity index (χ0v) is 17.6. The van der Waals surface area contributed by atoms with Crippen molar-refractivity contribution in [2.24, 2.45) is 0 Å². The van der Waals surface area contributed by atoms with E-state index in [1.165, 1.54) is 11.3 Å². The fourth-order valence-corrected chi connectivity index (χ4v) is 6.14. The quantitative estimate of drug-likeness (QED) is 0.667. The van der Waals surface area contributed by atoms with E-state index in [0.717, 1.165) is 30.0 Å². The second-order valence-corrected chi connectivity index (χ2v) is 9.87. The number of amides is 2. The summed E-state index contributed by atoms with van der Waals surface area (Å²) < 4.78 is 0. The number of benzene rings is 1. The van der Waals surface area contributed by atoms with Gasteiger partial charge in [-0.3, -0.25) is 9.59 Å². The molecule has 2 amide bonds. The smallest absolute Gasteiger partial charge is 0.265 e. The first kappa shape index (κ1) is 19.1. The Balaban J connectivity index is 1.46. The zero-order chi connectivity index (χ0) is 19.0. The summed E-state index contributed by atoms with van der Waals surface area (Å²) in [6, 6.07) is 8.77. The number of halogens is 2. The summed E-state index contributed by atoms with van der Waals surface area (Å²) in [7, 11) is 0. The maximum atomic E-state index is 12.9. The van der Waals surface area contributed by atoms with Crippen LogP contribution in [0, 0.1) is 0 Å². The molecule has 1 spiro atoms. The summed E-state index contributed by atoms with van der Waals surface area (Å²) in [5.74, 6) is 1.01. The van der Waals surface area contributed by atoms with Gasteiger partial charge in [-0.05, 0) is 42.5 Å². The fraction of sp³-hybridized carbons (Fsp3) is 0.368. The molecule has 1 aromatic heterocycles. The van der Waals surface area contributed by atoms with Crippen LogP contribution < -0.4 is 0 Å². The predicted octanol–water partition coefficient (Wildman–Crippen LogP) is 4.88. The van der Waals surface area contributed by atoms with Gasteiger partial charge in [-0.25, -0.2) is 0 Å². The molecule has 27 heavy (non-hydrogen) atoms. The lowest BCUT2D eigenvalue weighted by Crippen LogP contribution is -2.53. The Morgan fingerprint density at radius 1 is 1.00 bits per heavy atom. The molecule has 142 valence electrons. The SMILES string of the molecule is O=C(c1ccc(Cl)c(Cl)c1)N1CCC2(CC1)SCCN2C(=O)c1cccs1. The van der Waals surface area contributed by atoms with E-state index in [9.17, 15) is 9.59 Å². The summed E-state index contributed by atoms with van der Waals surface area (Å²) >= 11 is 15.3. The molecule has 0 unspecified atom stereocenters. The highest BCUT2D eigenvalue weighted by Crippen LogP contribution is 2.45. The first-order valence-electron chi connectivity index (χ1n) is 8.74. The lowest BCUT2D eigenvalue weighted by molar-refractivity contribution is 0.0501. The third-order valence-electron chi connectivity index (χ3n) is 5.15. The second-order valence-electron chi connectivity index (χ2n) is 6.65. The first-order chi connectivity index (χ1) is 13.0. The molecule has 4 rings (SSSR count). The molecule has 3 heterocycles. The number of hydrogen-bond donors (Lipinski definition) is 0. The molecule has 1 aromatic carbocycles. The Bertz CT molecular complexity index is 865. The first-order valence-corrected chi connectivity index (χ1v) is 11.4. The van der Waals surface area contributed by atoms with E-state index in [1.54, 1.807) is 18.2 Å². The van der Waals surface area contributed by atoms with Crippen LogP contribution in [0.1, 0.15) is 32.9 Å². The average molecular weight is 441 g/mol. The van der Waals surface area contributed by atoms with Crippen LogP contribution in [-0.4, -0.2) is 51.9 Å². The van der Waals surface area contributed by atoms with Crippen molar-refractivity contribution in [2.75, 3.05) is 25.4 Å². The molecule has 0 N–H and O–H groups in total. The molecule has 2 aliphatic rings. The van der Waals surface area contributed by atoms with Crippen molar-refractivity contribution < 1.29 is 9.59 Å². The Labute approximate surface area is 176 Å². The second kappa shape index (κ2) is 7.66. The largest absolute Gasteiger partial charge is 0.338 e. The van der Waals surface area contributed by atoms with Crippen molar-refractivity contribution in [2.45, 2.75) is 17.7 Å². The number of thioether (sulfide) groups is 1. The minimum Gasteiger partial charge on any atom is -0.338 e. The summed E-state index contributed by atoms with van der Waals surface area (Å²) in [4.78, 5) is 30.2. The summed E-state index contributed by atoms with van der Waals surface area (Å²) in [5.41, 5.74) is 0.547. The molecule has 2 saturated heterocycles. The molecular weight excluding hydrogens is 423 g/mol. The van der Waals surface area contributed by atoms with Gasteiger partial charge in [0.25, 0.3) is 11.8 Å². The number of carbonyl (C=O) groups excluding carboxylic acids is 2. The highest BCUT2D eigenvalue weighted by molar-refractivity contribution is 8.00. The highest BCUT2D eigenvalue weighted by atomic mass is 35.5. The molecule has 2 aliphatic heterocycles. The van der Waals surface area contributed by atoms with Crippen molar-refractivity contribution in [3.8, 4) is 0 Å².